The number of aliphatic carboxylic acids is 1. The number of rotatable bonds is 11. The van der Waals surface area contributed by atoms with Crippen LogP contribution in [0.5, 0.6) is 0 Å². The zero-order valence-corrected chi connectivity index (χ0v) is 28.6. The van der Waals surface area contributed by atoms with Crippen molar-refractivity contribution in [1.29, 1.82) is 0 Å². The fourth-order valence-electron chi connectivity index (χ4n) is 5.90. The van der Waals surface area contributed by atoms with Gasteiger partial charge in [0, 0.05) is 22.7 Å². The molecule has 3 atom stereocenters. The van der Waals surface area contributed by atoms with E-state index in [0.717, 1.165) is 24.9 Å². The molecule has 5 rings (SSSR count). The van der Waals surface area contributed by atoms with Crippen LogP contribution in [0.3, 0.4) is 0 Å². The number of nitrogens with one attached hydrogen (secondary N) is 2. The van der Waals surface area contributed by atoms with Gasteiger partial charge in [-0.25, -0.2) is 9.59 Å². The van der Waals surface area contributed by atoms with Gasteiger partial charge in [0.05, 0.1) is 23.5 Å². The second-order valence-corrected chi connectivity index (χ2v) is 13.4. The number of amides is 2. The predicted molar refractivity (Wildman–Crippen MR) is 192 cm³/mol. The van der Waals surface area contributed by atoms with Crippen molar-refractivity contribution < 1.29 is 24.2 Å². The van der Waals surface area contributed by atoms with Crippen LogP contribution in [0.15, 0.2) is 114 Å². The second kappa shape index (κ2) is 15.9. The van der Waals surface area contributed by atoms with E-state index in [1.165, 1.54) is 0 Å². The molecule has 254 valence electrons. The van der Waals surface area contributed by atoms with E-state index in [1.54, 1.807) is 57.2 Å². The lowest BCUT2D eigenvalue weighted by atomic mass is 9.96. The third kappa shape index (κ3) is 9.55. The van der Waals surface area contributed by atoms with Gasteiger partial charge in [0.25, 0.3) is 0 Å². The maximum atomic E-state index is 13.9. The van der Waals surface area contributed by atoms with Crippen molar-refractivity contribution in [3.05, 3.63) is 136 Å². The molecular formula is C39H41ClN4O5. The summed E-state index contributed by atoms with van der Waals surface area (Å²) in [6, 6.07) is 30.0. The Morgan fingerprint density at radius 2 is 1.55 bits per heavy atom. The summed E-state index contributed by atoms with van der Waals surface area (Å²) in [5.74, 6) is -1.41. The van der Waals surface area contributed by atoms with E-state index in [4.69, 9.17) is 21.3 Å². The van der Waals surface area contributed by atoms with E-state index < -0.39 is 29.7 Å². The monoisotopic (exact) mass is 680 g/mol. The van der Waals surface area contributed by atoms with E-state index in [1.807, 2.05) is 60.7 Å². The Kier molecular flexibility index (Phi) is 11.5. The number of hydrogen-bond donors (Lipinski definition) is 3. The zero-order valence-electron chi connectivity index (χ0n) is 27.8. The number of ether oxygens (including phenoxy) is 1. The van der Waals surface area contributed by atoms with Gasteiger partial charge in [0.15, 0.2) is 6.04 Å². The number of nitrogens with zero attached hydrogens (tertiary/aromatic N) is 2. The molecule has 0 bridgehead atoms. The summed E-state index contributed by atoms with van der Waals surface area (Å²) in [6.07, 6.45) is 0.834. The van der Waals surface area contributed by atoms with E-state index >= 15 is 0 Å². The predicted octanol–water partition coefficient (Wildman–Crippen LogP) is 7.50. The Balaban J connectivity index is 1.53. The van der Waals surface area contributed by atoms with Gasteiger partial charge in [-0.05, 0) is 69.5 Å². The summed E-state index contributed by atoms with van der Waals surface area (Å²) in [5, 5.41) is 17.0. The van der Waals surface area contributed by atoms with Crippen molar-refractivity contribution in [2.45, 2.75) is 63.9 Å². The molecule has 10 heteroatoms. The Bertz CT molecular complexity index is 1770. The van der Waals surface area contributed by atoms with Gasteiger partial charge in [0.1, 0.15) is 5.60 Å². The molecule has 0 radical (unpaired) electrons. The summed E-state index contributed by atoms with van der Waals surface area (Å²) in [6.45, 7) is 6.64. The number of aliphatic imine (C=N–C) groups is 1. The molecule has 0 aliphatic carbocycles. The minimum Gasteiger partial charge on any atom is -0.480 e. The van der Waals surface area contributed by atoms with Gasteiger partial charge in [-0.1, -0.05) is 103 Å². The lowest BCUT2D eigenvalue weighted by Gasteiger charge is -2.27. The Labute approximate surface area is 292 Å². The number of carbonyl (C=O) groups excluding carboxylic acids is 2. The third-order valence-electron chi connectivity index (χ3n) is 8.12. The minimum absolute atomic E-state index is 0.145. The Morgan fingerprint density at radius 3 is 2.20 bits per heavy atom. The normalized spacial score (nSPS) is 16.4. The third-order valence-corrected chi connectivity index (χ3v) is 8.37. The number of likely N-dealkylation sites (tertiary alicyclic amines) is 1. The van der Waals surface area contributed by atoms with Crippen molar-refractivity contribution in [2.75, 3.05) is 11.9 Å². The SMILES string of the molecule is CC(C)(C)OC(=O)N[C@H](c1ccc(Cl)cc1)[C@H](N=C(c1ccccc1)c1ccccc1NC(=O)[C@@H]1CCCN1Cc1ccccc1)C(=O)O. The first-order chi connectivity index (χ1) is 23.5. The molecule has 1 aliphatic rings. The molecule has 0 saturated carbocycles. The Hall–Kier alpha value is -4.99. The molecule has 2 amide bonds. The summed E-state index contributed by atoms with van der Waals surface area (Å²) >= 11 is 6.16. The number of alkyl carbamates (subject to hydrolysis) is 1. The first-order valence-electron chi connectivity index (χ1n) is 16.3. The minimum atomic E-state index is -1.50. The van der Waals surface area contributed by atoms with Crippen LogP contribution in [-0.2, 0) is 20.9 Å². The highest BCUT2D eigenvalue weighted by atomic mass is 35.5. The molecule has 1 aliphatic heterocycles. The quantitative estimate of drug-likeness (QED) is 0.141. The maximum Gasteiger partial charge on any atom is 0.408 e. The van der Waals surface area contributed by atoms with Gasteiger partial charge in [-0.15, -0.1) is 0 Å². The summed E-state index contributed by atoms with van der Waals surface area (Å²) < 4.78 is 5.51. The van der Waals surface area contributed by atoms with E-state index in [9.17, 15) is 19.5 Å². The van der Waals surface area contributed by atoms with Crippen LogP contribution in [0.1, 0.15) is 61.9 Å². The maximum absolute atomic E-state index is 13.9. The fourth-order valence-corrected chi connectivity index (χ4v) is 6.03. The average Bonchev–Trinajstić information content (AvgIpc) is 3.53. The van der Waals surface area contributed by atoms with Crippen LogP contribution in [0, 0.1) is 0 Å². The van der Waals surface area contributed by atoms with Crippen LogP contribution >= 0.6 is 11.6 Å². The number of carboxylic acids is 1. The highest BCUT2D eigenvalue weighted by Gasteiger charge is 2.34. The number of para-hydroxylation sites is 1. The standard InChI is InChI=1S/C39H41ClN4O5/c1-39(2,3)49-38(48)43-34(28-20-22-29(40)23-21-28)35(37(46)47)42-33(27-15-8-5-9-16-27)30-17-10-11-18-31(30)41-36(45)32-19-12-24-44(32)25-26-13-6-4-7-14-26/h4-11,13-18,20-23,32,34-35H,12,19,24-25H2,1-3H3,(H,41,45)(H,43,48)(H,46,47)/t32-,34+,35-/m0/s1. The highest BCUT2D eigenvalue weighted by molar-refractivity contribution is 6.30. The van der Waals surface area contributed by atoms with Crippen LogP contribution in [0.25, 0.3) is 0 Å². The number of hydrogen-bond acceptors (Lipinski definition) is 6. The molecule has 0 aromatic heterocycles. The molecule has 9 nitrogen and oxygen atoms in total. The van der Waals surface area contributed by atoms with Gasteiger partial charge in [0.2, 0.25) is 5.91 Å². The molecule has 4 aromatic carbocycles. The lowest BCUT2D eigenvalue weighted by Crippen LogP contribution is -2.42. The highest BCUT2D eigenvalue weighted by Crippen LogP contribution is 2.28. The van der Waals surface area contributed by atoms with Gasteiger partial charge in [-0.2, -0.15) is 0 Å². The fraction of sp³-hybridized carbons (Fsp3) is 0.282. The number of halogens is 1. The largest absolute Gasteiger partial charge is 0.480 e. The summed E-state index contributed by atoms with van der Waals surface area (Å²) in [5.41, 5.74) is 2.78. The van der Waals surface area contributed by atoms with Crippen molar-refractivity contribution in [2.24, 2.45) is 4.99 Å². The molecule has 1 saturated heterocycles. The van der Waals surface area contributed by atoms with Gasteiger partial charge < -0.3 is 20.5 Å². The summed E-state index contributed by atoms with van der Waals surface area (Å²) in [7, 11) is 0. The van der Waals surface area contributed by atoms with Crippen LogP contribution in [0.4, 0.5) is 10.5 Å². The average molecular weight is 681 g/mol. The molecule has 4 aromatic rings. The topological polar surface area (TPSA) is 120 Å². The first-order valence-corrected chi connectivity index (χ1v) is 16.7. The molecule has 3 N–H and O–H groups in total. The van der Waals surface area contributed by atoms with E-state index in [2.05, 4.69) is 27.7 Å². The smallest absolute Gasteiger partial charge is 0.408 e. The van der Waals surface area contributed by atoms with Crippen LogP contribution in [-0.4, -0.2) is 57.9 Å². The van der Waals surface area contributed by atoms with Crippen molar-refractivity contribution in [3.63, 3.8) is 0 Å². The number of carbonyl (C=O) groups is 3. The van der Waals surface area contributed by atoms with Crippen molar-refractivity contribution in [1.82, 2.24) is 10.2 Å². The molecule has 0 spiro atoms. The number of anilines is 1. The number of carboxylic acid groups (broad SMARTS) is 1. The first kappa shape index (κ1) is 35.3. The lowest BCUT2D eigenvalue weighted by molar-refractivity contribution is -0.139. The summed E-state index contributed by atoms with van der Waals surface area (Å²) in [4.78, 5) is 47.0. The van der Waals surface area contributed by atoms with Crippen molar-refractivity contribution >= 4 is 41.0 Å². The van der Waals surface area contributed by atoms with Crippen molar-refractivity contribution in [3.8, 4) is 0 Å². The Morgan fingerprint density at radius 1 is 0.918 bits per heavy atom. The zero-order chi connectivity index (χ0) is 35.0. The van der Waals surface area contributed by atoms with Crippen LogP contribution < -0.4 is 10.6 Å². The van der Waals surface area contributed by atoms with E-state index in [0.29, 0.717) is 39.7 Å². The van der Waals surface area contributed by atoms with E-state index in [-0.39, 0.29) is 11.9 Å². The molecular weight excluding hydrogens is 640 g/mol. The van der Waals surface area contributed by atoms with Gasteiger partial charge >= 0.3 is 12.1 Å². The molecule has 1 fully saturated rings. The second-order valence-electron chi connectivity index (χ2n) is 13.0. The molecule has 1 heterocycles. The molecule has 49 heavy (non-hydrogen) atoms. The van der Waals surface area contributed by atoms with Crippen LogP contribution in [0.2, 0.25) is 5.02 Å². The number of benzene rings is 4. The van der Waals surface area contributed by atoms with Gasteiger partial charge in [-0.3, -0.25) is 14.7 Å². The molecule has 0 unspecified atom stereocenters.